The fourth-order valence-electron chi connectivity index (χ4n) is 3.91. The summed E-state index contributed by atoms with van der Waals surface area (Å²) < 4.78 is 1.22. The van der Waals surface area contributed by atoms with Crippen molar-refractivity contribution in [2.24, 2.45) is 17.6 Å². The Morgan fingerprint density at radius 1 is 1.40 bits per heavy atom. The van der Waals surface area contributed by atoms with Gasteiger partial charge in [0.1, 0.15) is 0 Å². The summed E-state index contributed by atoms with van der Waals surface area (Å²) in [6, 6.07) is 2.24. The molecule has 2 aliphatic carbocycles. The zero-order chi connectivity index (χ0) is 14.2. The van der Waals surface area contributed by atoms with Crippen molar-refractivity contribution in [3.63, 3.8) is 0 Å². The smallest absolute Gasteiger partial charge is 0.0701 e. The van der Waals surface area contributed by atoms with Crippen molar-refractivity contribution >= 4 is 27.3 Å². The van der Waals surface area contributed by atoms with Gasteiger partial charge in [0, 0.05) is 18.6 Å². The Balaban J connectivity index is 1.69. The zero-order valence-electron chi connectivity index (χ0n) is 12.3. The van der Waals surface area contributed by atoms with Crippen LogP contribution in [0.25, 0.3) is 0 Å². The van der Waals surface area contributed by atoms with Gasteiger partial charge in [-0.3, -0.25) is 4.90 Å². The summed E-state index contributed by atoms with van der Waals surface area (Å²) in [5, 5.41) is 2.26. The molecule has 2 atom stereocenters. The van der Waals surface area contributed by atoms with Gasteiger partial charge in [0.25, 0.3) is 0 Å². The molecule has 0 aromatic carbocycles. The number of thiophene rings is 1. The second-order valence-corrected chi connectivity index (χ2v) is 9.03. The Bertz CT molecular complexity index is 457. The maximum Gasteiger partial charge on any atom is 0.0701 e. The summed E-state index contributed by atoms with van der Waals surface area (Å²) in [5.41, 5.74) is 7.88. The standard InChI is InChI=1S/C16H25BrN2S/c1-19(9-12-7-15(17)20-10-12)16(11-18)6-2-3-14(8-16)13-4-5-13/h7,10,13-14H,2-6,8-9,11,18H2,1H3. The Morgan fingerprint density at radius 2 is 2.20 bits per heavy atom. The second kappa shape index (κ2) is 6.07. The first-order chi connectivity index (χ1) is 9.63. The molecule has 0 radical (unpaired) electrons. The molecule has 2 aliphatic rings. The molecule has 4 heteroatoms. The van der Waals surface area contributed by atoms with E-state index in [4.69, 9.17) is 5.73 Å². The van der Waals surface area contributed by atoms with Gasteiger partial charge in [0.05, 0.1) is 3.79 Å². The van der Waals surface area contributed by atoms with Crippen molar-refractivity contribution in [3.05, 3.63) is 20.8 Å². The van der Waals surface area contributed by atoms with E-state index in [9.17, 15) is 0 Å². The fraction of sp³-hybridized carbons (Fsp3) is 0.750. The molecule has 2 fully saturated rings. The average Bonchev–Trinajstić information content (AvgIpc) is 3.23. The van der Waals surface area contributed by atoms with Gasteiger partial charge < -0.3 is 5.73 Å². The van der Waals surface area contributed by atoms with Crippen LogP contribution < -0.4 is 5.73 Å². The minimum absolute atomic E-state index is 0.236. The van der Waals surface area contributed by atoms with Crippen molar-refractivity contribution in [2.45, 2.75) is 50.6 Å². The molecule has 3 rings (SSSR count). The highest BCUT2D eigenvalue weighted by molar-refractivity contribution is 9.11. The maximum atomic E-state index is 6.23. The largest absolute Gasteiger partial charge is 0.329 e. The van der Waals surface area contributed by atoms with Gasteiger partial charge in [-0.05, 0) is 77.5 Å². The number of halogens is 1. The molecule has 2 unspecified atom stereocenters. The van der Waals surface area contributed by atoms with Crippen LogP contribution in [-0.4, -0.2) is 24.0 Å². The van der Waals surface area contributed by atoms with Crippen molar-refractivity contribution in [1.82, 2.24) is 4.90 Å². The summed E-state index contributed by atoms with van der Waals surface area (Å²) in [4.78, 5) is 2.54. The van der Waals surface area contributed by atoms with E-state index in [0.717, 1.165) is 24.9 Å². The molecular weight excluding hydrogens is 332 g/mol. The van der Waals surface area contributed by atoms with Crippen molar-refractivity contribution in [2.75, 3.05) is 13.6 Å². The van der Waals surface area contributed by atoms with Crippen LogP contribution in [0.5, 0.6) is 0 Å². The normalized spacial score (nSPS) is 30.9. The number of rotatable bonds is 5. The summed E-state index contributed by atoms with van der Waals surface area (Å²) in [5.74, 6) is 1.95. The van der Waals surface area contributed by atoms with Gasteiger partial charge in [-0.2, -0.15) is 0 Å². The third-order valence-electron chi connectivity index (χ3n) is 5.38. The van der Waals surface area contributed by atoms with E-state index in [1.165, 1.54) is 47.9 Å². The Kier molecular flexibility index (Phi) is 4.56. The fourth-order valence-corrected chi connectivity index (χ4v) is 5.11. The highest BCUT2D eigenvalue weighted by atomic mass is 79.9. The minimum Gasteiger partial charge on any atom is -0.329 e. The maximum absolute atomic E-state index is 6.23. The van der Waals surface area contributed by atoms with Crippen LogP contribution in [0.3, 0.4) is 0 Å². The third kappa shape index (κ3) is 3.13. The average molecular weight is 357 g/mol. The highest BCUT2D eigenvalue weighted by Gasteiger charge is 2.43. The summed E-state index contributed by atoms with van der Waals surface area (Å²) in [7, 11) is 2.27. The molecule has 2 N–H and O–H groups in total. The molecular formula is C16H25BrN2S. The Hall–Kier alpha value is 0.1000. The number of hydrogen-bond donors (Lipinski definition) is 1. The highest BCUT2D eigenvalue weighted by Crippen LogP contribution is 2.48. The molecule has 1 aromatic heterocycles. The lowest BCUT2D eigenvalue weighted by molar-refractivity contribution is 0.0460. The molecule has 2 nitrogen and oxygen atoms in total. The Labute approximate surface area is 134 Å². The number of hydrogen-bond acceptors (Lipinski definition) is 3. The van der Waals surface area contributed by atoms with Gasteiger partial charge in [0.15, 0.2) is 0 Å². The molecule has 1 aromatic rings. The van der Waals surface area contributed by atoms with Gasteiger partial charge in [0.2, 0.25) is 0 Å². The first kappa shape index (κ1) is 15.0. The van der Waals surface area contributed by atoms with Crippen LogP contribution in [0, 0.1) is 11.8 Å². The van der Waals surface area contributed by atoms with Crippen molar-refractivity contribution < 1.29 is 0 Å². The summed E-state index contributed by atoms with van der Waals surface area (Å²) in [6.45, 7) is 1.83. The predicted octanol–water partition coefficient (Wildman–Crippen LogP) is 4.24. The van der Waals surface area contributed by atoms with Crippen LogP contribution in [-0.2, 0) is 6.54 Å². The van der Waals surface area contributed by atoms with E-state index in [0.29, 0.717) is 0 Å². The zero-order valence-corrected chi connectivity index (χ0v) is 14.7. The van der Waals surface area contributed by atoms with Gasteiger partial charge in [-0.15, -0.1) is 11.3 Å². The molecule has 0 aliphatic heterocycles. The van der Waals surface area contributed by atoms with E-state index in [1.807, 2.05) is 0 Å². The lowest BCUT2D eigenvalue weighted by Gasteiger charge is -2.47. The van der Waals surface area contributed by atoms with Crippen LogP contribution >= 0.6 is 27.3 Å². The van der Waals surface area contributed by atoms with E-state index < -0.39 is 0 Å². The monoisotopic (exact) mass is 356 g/mol. The molecule has 2 saturated carbocycles. The SMILES string of the molecule is CN(Cc1csc(Br)c1)C1(CN)CCCC(C2CC2)C1. The van der Waals surface area contributed by atoms with E-state index in [2.05, 4.69) is 39.3 Å². The van der Waals surface area contributed by atoms with Crippen molar-refractivity contribution in [3.8, 4) is 0 Å². The predicted molar refractivity (Wildman–Crippen MR) is 90.0 cm³/mol. The van der Waals surface area contributed by atoms with E-state index >= 15 is 0 Å². The molecule has 0 saturated heterocycles. The minimum atomic E-state index is 0.236. The van der Waals surface area contributed by atoms with Gasteiger partial charge >= 0.3 is 0 Å². The van der Waals surface area contributed by atoms with E-state index in [-0.39, 0.29) is 5.54 Å². The summed E-state index contributed by atoms with van der Waals surface area (Å²) >= 11 is 5.33. The topological polar surface area (TPSA) is 29.3 Å². The van der Waals surface area contributed by atoms with Gasteiger partial charge in [-0.1, -0.05) is 12.8 Å². The second-order valence-electron chi connectivity index (χ2n) is 6.74. The molecule has 0 spiro atoms. The van der Waals surface area contributed by atoms with Gasteiger partial charge in [-0.25, -0.2) is 0 Å². The first-order valence-corrected chi connectivity index (χ1v) is 9.44. The number of nitrogens with zero attached hydrogens (tertiary/aromatic N) is 1. The van der Waals surface area contributed by atoms with Crippen LogP contribution in [0.1, 0.15) is 44.1 Å². The number of likely N-dealkylation sites (N-methyl/N-ethyl adjacent to an activating group) is 1. The lowest BCUT2D eigenvalue weighted by atomic mass is 9.73. The van der Waals surface area contributed by atoms with Crippen LogP contribution in [0.2, 0.25) is 0 Å². The van der Waals surface area contributed by atoms with Crippen molar-refractivity contribution in [1.29, 1.82) is 0 Å². The number of nitrogens with two attached hydrogens (primary N) is 1. The quantitative estimate of drug-likeness (QED) is 0.854. The molecule has 1 heterocycles. The molecule has 0 bridgehead atoms. The van der Waals surface area contributed by atoms with Crippen LogP contribution in [0.15, 0.2) is 15.2 Å². The molecule has 112 valence electrons. The molecule has 0 amide bonds. The third-order valence-corrected chi connectivity index (χ3v) is 6.93. The Morgan fingerprint density at radius 3 is 2.80 bits per heavy atom. The van der Waals surface area contributed by atoms with Crippen LogP contribution in [0.4, 0.5) is 0 Å². The molecule has 20 heavy (non-hydrogen) atoms. The lowest BCUT2D eigenvalue weighted by Crippen LogP contribution is -2.54. The summed E-state index contributed by atoms with van der Waals surface area (Å²) in [6.07, 6.45) is 8.31. The van der Waals surface area contributed by atoms with E-state index in [1.54, 1.807) is 11.3 Å². The first-order valence-electron chi connectivity index (χ1n) is 7.77.